The van der Waals surface area contributed by atoms with E-state index in [1.807, 2.05) is 49.0 Å². The van der Waals surface area contributed by atoms with Gasteiger partial charge in [-0.1, -0.05) is 6.07 Å². The highest BCUT2D eigenvalue weighted by atomic mass is 16.2. The number of likely N-dealkylation sites (tertiary alicyclic amines) is 1. The molecule has 1 atom stereocenters. The molecule has 0 radical (unpaired) electrons. The van der Waals surface area contributed by atoms with Crippen LogP contribution in [0.2, 0.25) is 0 Å². The van der Waals surface area contributed by atoms with Crippen LogP contribution in [-0.2, 0) is 4.79 Å². The first kappa shape index (κ1) is 16.6. The van der Waals surface area contributed by atoms with E-state index in [1.165, 1.54) is 0 Å². The number of benzene rings is 1. The lowest BCUT2D eigenvalue weighted by Gasteiger charge is -2.19. The van der Waals surface area contributed by atoms with Crippen molar-refractivity contribution in [3.05, 3.63) is 23.8 Å². The van der Waals surface area contributed by atoms with E-state index in [0.29, 0.717) is 19.0 Å². The van der Waals surface area contributed by atoms with Crippen molar-refractivity contribution in [3.63, 3.8) is 0 Å². The van der Waals surface area contributed by atoms with Crippen LogP contribution in [0.1, 0.15) is 24.8 Å². The lowest BCUT2D eigenvalue weighted by molar-refractivity contribution is -0.128. The number of amides is 3. The molecule has 6 heteroatoms. The number of carbonyl (C=O) groups excluding carboxylic acids is 2. The molecule has 1 aromatic rings. The van der Waals surface area contributed by atoms with Gasteiger partial charge in [0.05, 0.1) is 0 Å². The number of anilines is 2. The fourth-order valence-corrected chi connectivity index (χ4v) is 3.33. The van der Waals surface area contributed by atoms with Gasteiger partial charge >= 0.3 is 6.03 Å². The van der Waals surface area contributed by atoms with Gasteiger partial charge in [-0.25, -0.2) is 4.79 Å². The molecule has 6 nitrogen and oxygen atoms in total. The maximum atomic E-state index is 12.2. The summed E-state index contributed by atoms with van der Waals surface area (Å²) < 4.78 is 0. The van der Waals surface area contributed by atoms with Gasteiger partial charge in [0.25, 0.3) is 0 Å². The van der Waals surface area contributed by atoms with Crippen LogP contribution in [-0.4, -0.2) is 50.1 Å². The zero-order valence-corrected chi connectivity index (χ0v) is 14.6. The predicted octanol–water partition coefficient (Wildman–Crippen LogP) is 2.19. The molecule has 1 aliphatic carbocycles. The summed E-state index contributed by atoms with van der Waals surface area (Å²) in [5.74, 6) is 0.456. The lowest BCUT2D eigenvalue weighted by Crippen LogP contribution is -2.34. The largest absolute Gasteiger partial charge is 0.377 e. The SMILES string of the molecule is Cc1c(NC(=O)NCC2CC(=O)N(C3CC3)C2)cccc1N(C)C. The number of nitrogens with zero attached hydrogens (tertiary/aromatic N) is 2. The minimum atomic E-state index is -0.216. The van der Waals surface area contributed by atoms with Gasteiger partial charge in [-0.3, -0.25) is 4.79 Å². The molecule has 3 amide bonds. The molecule has 2 aliphatic rings. The van der Waals surface area contributed by atoms with Crippen LogP contribution < -0.4 is 15.5 Å². The van der Waals surface area contributed by atoms with E-state index in [-0.39, 0.29) is 17.9 Å². The molecule has 1 aliphatic heterocycles. The van der Waals surface area contributed by atoms with E-state index in [0.717, 1.165) is 36.3 Å². The van der Waals surface area contributed by atoms with Gasteiger partial charge in [-0.2, -0.15) is 0 Å². The molecule has 2 fully saturated rings. The number of carbonyl (C=O) groups is 2. The van der Waals surface area contributed by atoms with Crippen LogP contribution in [0.4, 0.5) is 16.2 Å². The van der Waals surface area contributed by atoms with Crippen molar-refractivity contribution in [2.75, 3.05) is 37.4 Å². The second kappa shape index (κ2) is 6.71. The Labute approximate surface area is 143 Å². The summed E-state index contributed by atoms with van der Waals surface area (Å²) in [6.07, 6.45) is 2.81. The second-order valence-corrected chi connectivity index (χ2v) is 7.03. The summed E-state index contributed by atoms with van der Waals surface area (Å²) in [5.41, 5.74) is 2.92. The minimum Gasteiger partial charge on any atom is -0.377 e. The summed E-state index contributed by atoms with van der Waals surface area (Å²) in [6, 6.07) is 6.10. The zero-order chi connectivity index (χ0) is 17.3. The Kier molecular flexibility index (Phi) is 4.64. The third-order valence-electron chi connectivity index (χ3n) is 4.81. The summed E-state index contributed by atoms with van der Waals surface area (Å²) in [6.45, 7) is 3.31. The lowest BCUT2D eigenvalue weighted by atomic mass is 10.1. The molecule has 1 saturated heterocycles. The molecular formula is C18H26N4O2. The van der Waals surface area contributed by atoms with Gasteiger partial charge in [-0.15, -0.1) is 0 Å². The molecular weight excluding hydrogens is 304 g/mol. The molecule has 24 heavy (non-hydrogen) atoms. The summed E-state index contributed by atoms with van der Waals surface area (Å²) in [7, 11) is 3.96. The van der Waals surface area contributed by atoms with E-state index in [2.05, 4.69) is 10.6 Å². The van der Waals surface area contributed by atoms with Crippen LogP contribution in [0.25, 0.3) is 0 Å². The minimum absolute atomic E-state index is 0.216. The normalized spacial score (nSPS) is 20.2. The standard InChI is InChI=1S/C18H26N4O2/c1-12-15(5-4-6-16(12)21(2)3)20-18(24)19-10-13-9-17(23)22(11-13)14-7-8-14/h4-6,13-14H,7-11H2,1-3H3,(H2,19,20,24). The second-order valence-electron chi connectivity index (χ2n) is 7.03. The highest BCUT2D eigenvalue weighted by Gasteiger charge is 2.39. The fourth-order valence-electron chi connectivity index (χ4n) is 3.33. The first-order valence-corrected chi connectivity index (χ1v) is 8.57. The van der Waals surface area contributed by atoms with Crippen LogP contribution in [0.15, 0.2) is 18.2 Å². The number of hydrogen-bond donors (Lipinski definition) is 2. The molecule has 3 rings (SSSR count). The Balaban J connectivity index is 1.51. The maximum Gasteiger partial charge on any atom is 0.319 e. The molecule has 1 aromatic carbocycles. The van der Waals surface area contributed by atoms with Gasteiger partial charge in [0.1, 0.15) is 0 Å². The molecule has 0 bridgehead atoms. The summed E-state index contributed by atoms with van der Waals surface area (Å²) >= 11 is 0. The van der Waals surface area contributed by atoms with Gasteiger partial charge in [0.2, 0.25) is 5.91 Å². The molecule has 2 N–H and O–H groups in total. The van der Waals surface area contributed by atoms with E-state index < -0.39 is 0 Å². The first-order chi connectivity index (χ1) is 11.5. The van der Waals surface area contributed by atoms with E-state index >= 15 is 0 Å². The average molecular weight is 330 g/mol. The van der Waals surface area contributed by atoms with Gasteiger partial charge < -0.3 is 20.4 Å². The van der Waals surface area contributed by atoms with Crippen molar-refractivity contribution < 1.29 is 9.59 Å². The van der Waals surface area contributed by atoms with E-state index in [1.54, 1.807) is 0 Å². The Hall–Kier alpha value is -2.24. The van der Waals surface area contributed by atoms with Crippen molar-refractivity contribution in [3.8, 4) is 0 Å². The Bertz CT molecular complexity index is 640. The number of urea groups is 1. The smallest absolute Gasteiger partial charge is 0.319 e. The molecule has 130 valence electrons. The van der Waals surface area contributed by atoms with Crippen LogP contribution >= 0.6 is 0 Å². The topological polar surface area (TPSA) is 64.7 Å². The highest BCUT2D eigenvalue weighted by molar-refractivity contribution is 5.91. The molecule has 1 saturated carbocycles. The summed E-state index contributed by atoms with van der Waals surface area (Å²) in [5, 5.41) is 5.82. The third-order valence-corrected chi connectivity index (χ3v) is 4.81. The van der Waals surface area contributed by atoms with Crippen molar-refractivity contribution >= 4 is 23.3 Å². The zero-order valence-electron chi connectivity index (χ0n) is 14.6. The summed E-state index contributed by atoms with van der Waals surface area (Å²) in [4.78, 5) is 28.1. The van der Waals surface area contributed by atoms with Crippen molar-refractivity contribution in [2.45, 2.75) is 32.2 Å². The maximum absolute atomic E-state index is 12.2. The van der Waals surface area contributed by atoms with Gasteiger partial charge in [0.15, 0.2) is 0 Å². The van der Waals surface area contributed by atoms with E-state index in [4.69, 9.17) is 0 Å². The Morgan fingerprint density at radius 1 is 1.33 bits per heavy atom. The van der Waals surface area contributed by atoms with E-state index in [9.17, 15) is 9.59 Å². The quantitative estimate of drug-likeness (QED) is 0.870. The van der Waals surface area contributed by atoms with Crippen molar-refractivity contribution in [1.29, 1.82) is 0 Å². The third kappa shape index (κ3) is 3.63. The number of hydrogen-bond acceptors (Lipinski definition) is 3. The van der Waals surface area contributed by atoms with Crippen LogP contribution in [0, 0.1) is 12.8 Å². The molecule has 0 spiro atoms. The van der Waals surface area contributed by atoms with Gasteiger partial charge in [0, 0.05) is 56.9 Å². The Morgan fingerprint density at radius 3 is 2.75 bits per heavy atom. The monoisotopic (exact) mass is 330 g/mol. The van der Waals surface area contributed by atoms with Crippen LogP contribution in [0.5, 0.6) is 0 Å². The fraction of sp³-hybridized carbons (Fsp3) is 0.556. The van der Waals surface area contributed by atoms with Crippen molar-refractivity contribution in [2.24, 2.45) is 5.92 Å². The molecule has 1 unspecified atom stereocenters. The predicted molar refractivity (Wildman–Crippen MR) is 95.4 cm³/mol. The van der Waals surface area contributed by atoms with Gasteiger partial charge in [-0.05, 0) is 37.5 Å². The molecule has 1 heterocycles. The van der Waals surface area contributed by atoms with Crippen LogP contribution in [0.3, 0.4) is 0 Å². The molecule has 0 aromatic heterocycles. The number of nitrogens with one attached hydrogen (secondary N) is 2. The average Bonchev–Trinajstić information content (AvgIpc) is 3.30. The van der Waals surface area contributed by atoms with Crippen molar-refractivity contribution in [1.82, 2.24) is 10.2 Å². The number of rotatable bonds is 5. The first-order valence-electron chi connectivity index (χ1n) is 8.57. The Morgan fingerprint density at radius 2 is 2.08 bits per heavy atom. The highest BCUT2D eigenvalue weighted by Crippen LogP contribution is 2.32.